The van der Waals surface area contributed by atoms with Crippen molar-refractivity contribution in [3.05, 3.63) is 30.1 Å². The first-order valence-corrected chi connectivity index (χ1v) is 7.19. The Balaban J connectivity index is 1.59. The van der Waals surface area contributed by atoms with Gasteiger partial charge in [-0.25, -0.2) is 0 Å². The number of carbonyl (C=O) groups excluding carboxylic acids is 2. The van der Waals surface area contributed by atoms with Gasteiger partial charge < -0.3 is 10.2 Å². The van der Waals surface area contributed by atoms with Crippen LogP contribution < -0.4 is 5.32 Å². The van der Waals surface area contributed by atoms with Crippen molar-refractivity contribution < 1.29 is 9.59 Å². The van der Waals surface area contributed by atoms with E-state index >= 15 is 0 Å². The number of amides is 2. The van der Waals surface area contributed by atoms with Crippen molar-refractivity contribution in [3.63, 3.8) is 0 Å². The molecular formula is C15H21N3O2. The summed E-state index contributed by atoms with van der Waals surface area (Å²) in [5, 5.41) is 2.80. The molecule has 20 heavy (non-hydrogen) atoms. The second-order valence-corrected chi connectivity index (χ2v) is 5.05. The van der Waals surface area contributed by atoms with Crippen LogP contribution in [0, 0.1) is 0 Å². The molecule has 1 saturated heterocycles. The molecule has 1 aliphatic heterocycles. The summed E-state index contributed by atoms with van der Waals surface area (Å²) in [4.78, 5) is 29.3. The highest BCUT2D eigenvalue weighted by Crippen LogP contribution is 2.08. The molecule has 0 aliphatic carbocycles. The lowest BCUT2D eigenvalue weighted by atomic mass is 10.1. The molecule has 0 aromatic carbocycles. The van der Waals surface area contributed by atoms with E-state index in [1.54, 1.807) is 12.4 Å². The van der Waals surface area contributed by atoms with Gasteiger partial charge in [-0.2, -0.15) is 0 Å². The minimum Gasteiger partial charge on any atom is -0.356 e. The Morgan fingerprint density at radius 2 is 2.05 bits per heavy atom. The van der Waals surface area contributed by atoms with E-state index in [-0.39, 0.29) is 11.8 Å². The van der Waals surface area contributed by atoms with E-state index in [1.807, 2.05) is 17.0 Å². The van der Waals surface area contributed by atoms with Gasteiger partial charge in [-0.15, -0.1) is 0 Å². The molecule has 0 unspecified atom stereocenters. The maximum absolute atomic E-state index is 11.8. The summed E-state index contributed by atoms with van der Waals surface area (Å²) in [7, 11) is 0. The minimum atomic E-state index is -0.0110. The largest absolute Gasteiger partial charge is 0.356 e. The van der Waals surface area contributed by atoms with Crippen molar-refractivity contribution in [2.75, 3.05) is 19.6 Å². The van der Waals surface area contributed by atoms with Gasteiger partial charge in [0.25, 0.3) is 0 Å². The third kappa shape index (κ3) is 4.64. The van der Waals surface area contributed by atoms with Gasteiger partial charge in [0.1, 0.15) is 0 Å². The third-order valence-electron chi connectivity index (χ3n) is 3.48. The van der Waals surface area contributed by atoms with Crippen LogP contribution in [-0.2, 0) is 16.0 Å². The molecule has 1 aromatic heterocycles. The van der Waals surface area contributed by atoms with E-state index in [1.165, 1.54) is 0 Å². The van der Waals surface area contributed by atoms with Crippen LogP contribution in [0.3, 0.4) is 0 Å². The number of hydrogen-bond acceptors (Lipinski definition) is 3. The zero-order valence-electron chi connectivity index (χ0n) is 11.7. The normalized spacial score (nSPS) is 14.3. The number of nitrogens with one attached hydrogen (secondary N) is 1. The number of nitrogens with zero attached hydrogens (tertiary/aromatic N) is 2. The van der Waals surface area contributed by atoms with Gasteiger partial charge in [0, 0.05) is 44.9 Å². The highest BCUT2D eigenvalue weighted by molar-refractivity contribution is 5.79. The smallest absolute Gasteiger partial charge is 0.224 e. The van der Waals surface area contributed by atoms with E-state index in [9.17, 15) is 9.59 Å². The summed E-state index contributed by atoms with van der Waals surface area (Å²) in [5.74, 6) is 0.137. The van der Waals surface area contributed by atoms with E-state index < -0.39 is 0 Å². The zero-order valence-corrected chi connectivity index (χ0v) is 11.7. The third-order valence-corrected chi connectivity index (χ3v) is 3.48. The number of aryl methyl sites for hydroxylation is 1. The van der Waals surface area contributed by atoms with Gasteiger partial charge in [0.05, 0.1) is 0 Å². The molecule has 0 radical (unpaired) electrons. The predicted molar refractivity (Wildman–Crippen MR) is 76.0 cm³/mol. The molecule has 0 spiro atoms. The lowest BCUT2D eigenvalue weighted by Gasteiger charge is -2.15. The Hall–Kier alpha value is -1.91. The van der Waals surface area contributed by atoms with Crippen molar-refractivity contribution in [2.45, 2.75) is 32.1 Å². The SMILES string of the molecule is O=C(CCc1cccnc1)NCCC(=O)N1CCCC1. The van der Waals surface area contributed by atoms with Crippen LogP contribution in [0.25, 0.3) is 0 Å². The number of hydrogen-bond donors (Lipinski definition) is 1. The molecule has 0 saturated carbocycles. The summed E-state index contributed by atoms with van der Waals surface area (Å²) in [6.07, 6.45) is 7.20. The van der Waals surface area contributed by atoms with E-state index in [4.69, 9.17) is 0 Å². The van der Waals surface area contributed by atoms with Crippen LogP contribution in [0.15, 0.2) is 24.5 Å². The average molecular weight is 275 g/mol. The summed E-state index contributed by atoms with van der Waals surface area (Å²) >= 11 is 0. The highest BCUT2D eigenvalue weighted by Gasteiger charge is 2.17. The topological polar surface area (TPSA) is 62.3 Å². The molecule has 1 fully saturated rings. The number of aromatic nitrogens is 1. The Morgan fingerprint density at radius 3 is 2.75 bits per heavy atom. The summed E-state index contributed by atoms with van der Waals surface area (Å²) in [6, 6.07) is 3.82. The molecule has 108 valence electrons. The van der Waals surface area contributed by atoms with Crippen molar-refractivity contribution in [3.8, 4) is 0 Å². The summed E-state index contributed by atoms with van der Waals surface area (Å²) in [5.41, 5.74) is 1.05. The van der Waals surface area contributed by atoms with Crippen LogP contribution >= 0.6 is 0 Å². The second kappa shape index (κ2) is 7.62. The maximum Gasteiger partial charge on any atom is 0.224 e. The number of pyridine rings is 1. The number of likely N-dealkylation sites (tertiary alicyclic amines) is 1. The molecule has 2 heterocycles. The van der Waals surface area contributed by atoms with Crippen LogP contribution in [-0.4, -0.2) is 41.3 Å². The molecule has 5 heteroatoms. The summed E-state index contributed by atoms with van der Waals surface area (Å²) < 4.78 is 0. The van der Waals surface area contributed by atoms with E-state index in [2.05, 4.69) is 10.3 Å². The highest BCUT2D eigenvalue weighted by atomic mass is 16.2. The van der Waals surface area contributed by atoms with E-state index in [0.717, 1.165) is 31.5 Å². The molecule has 1 aliphatic rings. The van der Waals surface area contributed by atoms with Crippen molar-refractivity contribution in [1.29, 1.82) is 0 Å². The molecule has 2 amide bonds. The Labute approximate surface area is 119 Å². The molecule has 1 N–H and O–H groups in total. The first-order valence-electron chi connectivity index (χ1n) is 7.19. The fourth-order valence-corrected chi connectivity index (χ4v) is 2.33. The molecule has 0 atom stereocenters. The van der Waals surface area contributed by atoms with Gasteiger partial charge in [0.15, 0.2) is 0 Å². The zero-order chi connectivity index (χ0) is 14.2. The monoisotopic (exact) mass is 275 g/mol. The lowest BCUT2D eigenvalue weighted by molar-refractivity contribution is -0.130. The van der Waals surface area contributed by atoms with Crippen LogP contribution in [0.1, 0.15) is 31.2 Å². The van der Waals surface area contributed by atoms with Crippen LogP contribution in [0.5, 0.6) is 0 Å². The average Bonchev–Trinajstić information content (AvgIpc) is 3.00. The number of carbonyl (C=O) groups is 2. The van der Waals surface area contributed by atoms with Gasteiger partial charge in [-0.05, 0) is 30.9 Å². The molecular weight excluding hydrogens is 254 g/mol. The van der Waals surface area contributed by atoms with Crippen LogP contribution in [0.4, 0.5) is 0 Å². The van der Waals surface area contributed by atoms with Gasteiger partial charge in [-0.3, -0.25) is 14.6 Å². The minimum absolute atomic E-state index is 0.0110. The van der Waals surface area contributed by atoms with Gasteiger partial charge in [0.2, 0.25) is 11.8 Å². The standard InChI is InChI=1S/C15H21N3O2/c19-14(6-5-13-4-3-8-16-12-13)17-9-7-15(20)18-10-1-2-11-18/h3-4,8,12H,1-2,5-7,9-11H2,(H,17,19). The van der Waals surface area contributed by atoms with Crippen molar-refractivity contribution >= 4 is 11.8 Å². The lowest BCUT2D eigenvalue weighted by Crippen LogP contribution is -2.32. The Morgan fingerprint density at radius 1 is 1.25 bits per heavy atom. The first kappa shape index (κ1) is 14.5. The molecule has 0 bridgehead atoms. The van der Waals surface area contributed by atoms with Gasteiger partial charge in [-0.1, -0.05) is 6.07 Å². The molecule has 2 rings (SSSR count). The predicted octanol–water partition coefficient (Wildman–Crippen LogP) is 1.14. The van der Waals surface area contributed by atoms with Crippen molar-refractivity contribution in [1.82, 2.24) is 15.2 Å². The quantitative estimate of drug-likeness (QED) is 0.847. The fourth-order valence-electron chi connectivity index (χ4n) is 2.33. The fraction of sp³-hybridized carbons (Fsp3) is 0.533. The number of rotatable bonds is 6. The Kier molecular flexibility index (Phi) is 5.53. The van der Waals surface area contributed by atoms with Crippen LogP contribution in [0.2, 0.25) is 0 Å². The van der Waals surface area contributed by atoms with Crippen molar-refractivity contribution in [2.24, 2.45) is 0 Å². The molecule has 1 aromatic rings. The summed E-state index contributed by atoms with van der Waals surface area (Å²) in [6.45, 7) is 2.17. The Bertz CT molecular complexity index is 442. The first-order chi connectivity index (χ1) is 9.75. The second-order valence-electron chi connectivity index (χ2n) is 5.05. The van der Waals surface area contributed by atoms with Gasteiger partial charge >= 0.3 is 0 Å². The van der Waals surface area contributed by atoms with E-state index in [0.29, 0.717) is 25.8 Å². The molecule has 5 nitrogen and oxygen atoms in total. The maximum atomic E-state index is 11.8.